The molecule has 0 spiro atoms. The highest BCUT2D eigenvalue weighted by Gasteiger charge is 2.39. The number of carbonyl (C=O) groups excluding carboxylic acids is 1. The van der Waals surface area contributed by atoms with Crippen molar-refractivity contribution in [3.8, 4) is 0 Å². The van der Waals surface area contributed by atoms with Crippen molar-refractivity contribution in [3.63, 3.8) is 0 Å². The number of rotatable bonds is 7. The van der Waals surface area contributed by atoms with Gasteiger partial charge in [0, 0.05) is 13.1 Å². The molecule has 30 heavy (non-hydrogen) atoms. The summed E-state index contributed by atoms with van der Waals surface area (Å²) >= 11 is 0. The van der Waals surface area contributed by atoms with Crippen LogP contribution >= 0.6 is 0 Å². The van der Waals surface area contributed by atoms with Gasteiger partial charge in [-0.15, -0.1) is 0 Å². The van der Waals surface area contributed by atoms with Crippen LogP contribution in [0.3, 0.4) is 0 Å². The summed E-state index contributed by atoms with van der Waals surface area (Å²) < 4.78 is 53.4. The minimum atomic E-state index is -3.78. The number of amides is 1. The number of carbonyl (C=O) groups is 1. The van der Waals surface area contributed by atoms with Gasteiger partial charge in [0.05, 0.1) is 9.79 Å². The summed E-state index contributed by atoms with van der Waals surface area (Å²) in [5.74, 6) is -0.398. The molecule has 2 aromatic rings. The summed E-state index contributed by atoms with van der Waals surface area (Å²) in [7, 11) is -6.04. The van der Waals surface area contributed by atoms with Crippen molar-refractivity contribution < 1.29 is 21.6 Å². The average molecular weight is 452 g/mol. The molecule has 1 fully saturated rings. The van der Waals surface area contributed by atoms with Gasteiger partial charge < -0.3 is 5.32 Å². The lowest BCUT2D eigenvalue weighted by molar-refractivity contribution is -0.124. The first-order valence-electron chi connectivity index (χ1n) is 9.54. The minimum Gasteiger partial charge on any atom is -0.351 e. The van der Waals surface area contributed by atoms with Crippen LogP contribution in [0.4, 0.5) is 0 Å². The van der Waals surface area contributed by atoms with E-state index in [1.807, 2.05) is 6.92 Å². The Morgan fingerprint density at radius 2 is 1.77 bits per heavy atom. The number of benzene rings is 2. The van der Waals surface area contributed by atoms with Gasteiger partial charge in [-0.25, -0.2) is 21.6 Å². The largest absolute Gasteiger partial charge is 0.351 e. The van der Waals surface area contributed by atoms with Crippen molar-refractivity contribution in [2.45, 2.75) is 42.1 Å². The first kappa shape index (κ1) is 22.4. The third-order valence-corrected chi connectivity index (χ3v) is 8.41. The molecule has 0 aliphatic carbocycles. The standard InChI is InChI=1S/C20H25N3O5S2/c1-15-8-10-17(11-9-15)30(27,28)23-12-4-7-19(23)20(24)22-14-16-5-3-6-18(13-16)29(25,26)21-2/h3,5-6,8-11,13,19,21H,4,7,12,14H2,1-2H3,(H,22,24)/t19-/m0/s1. The second kappa shape index (κ2) is 8.84. The maximum Gasteiger partial charge on any atom is 0.243 e. The molecule has 0 aromatic heterocycles. The number of aryl methyl sites for hydroxylation is 1. The summed E-state index contributed by atoms with van der Waals surface area (Å²) in [5.41, 5.74) is 1.55. The molecule has 3 rings (SSSR count). The number of nitrogens with zero attached hydrogens (tertiary/aromatic N) is 1. The van der Waals surface area contributed by atoms with E-state index in [-0.39, 0.29) is 22.9 Å². The van der Waals surface area contributed by atoms with Crippen molar-refractivity contribution in [2.75, 3.05) is 13.6 Å². The lowest BCUT2D eigenvalue weighted by Gasteiger charge is -2.23. The second-order valence-electron chi connectivity index (χ2n) is 7.16. The molecule has 0 bridgehead atoms. The molecule has 2 aromatic carbocycles. The molecular weight excluding hydrogens is 426 g/mol. The number of sulfonamides is 2. The van der Waals surface area contributed by atoms with Crippen molar-refractivity contribution >= 4 is 26.0 Å². The number of hydrogen-bond donors (Lipinski definition) is 2. The van der Waals surface area contributed by atoms with E-state index >= 15 is 0 Å². The predicted molar refractivity (Wildman–Crippen MR) is 113 cm³/mol. The highest BCUT2D eigenvalue weighted by Crippen LogP contribution is 2.26. The molecule has 10 heteroatoms. The zero-order valence-corrected chi connectivity index (χ0v) is 18.5. The summed E-state index contributed by atoms with van der Waals surface area (Å²) in [6, 6.07) is 12.0. The van der Waals surface area contributed by atoms with Gasteiger partial charge in [0.15, 0.2) is 0 Å². The zero-order chi connectivity index (χ0) is 21.9. The quantitative estimate of drug-likeness (QED) is 0.660. The Morgan fingerprint density at radius 1 is 1.07 bits per heavy atom. The topological polar surface area (TPSA) is 113 Å². The van der Waals surface area contributed by atoms with Crippen LogP contribution < -0.4 is 10.0 Å². The van der Waals surface area contributed by atoms with Gasteiger partial charge in [0.25, 0.3) is 0 Å². The first-order valence-corrected chi connectivity index (χ1v) is 12.5. The molecule has 8 nitrogen and oxygen atoms in total. The lowest BCUT2D eigenvalue weighted by Crippen LogP contribution is -2.45. The van der Waals surface area contributed by atoms with E-state index in [0.29, 0.717) is 18.4 Å². The molecule has 162 valence electrons. The molecule has 1 amide bonds. The van der Waals surface area contributed by atoms with Crippen LogP contribution in [-0.2, 0) is 31.4 Å². The number of nitrogens with one attached hydrogen (secondary N) is 2. The summed E-state index contributed by atoms with van der Waals surface area (Å²) in [5, 5.41) is 2.74. The fourth-order valence-electron chi connectivity index (χ4n) is 3.38. The molecule has 1 aliphatic heterocycles. The lowest BCUT2D eigenvalue weighted by atomic mass is 10.2. The van der Waals surface area contributed by atoms with Crippen LogP contribution in [0.2, 0.25) is 0 Å². The average Bonchev–Trinajstić information content (AvgIpc) is 3.23. The van der Waals surface area contributed by atoms with E-state index in [0.717, 1.165) is 5.56 Å². The summed E-state index contributed by atoms with van der Waals surface area (Å²) in [4.78, 5) is 13.0. The molecule has 1 aliphatic rings. The van der Waals surface area contributed by atoms with Crippen LogP contribution in [-0.4, -0.2) is 46.7 Å². The van der Waals surface area contributed by atoms with E-state index in [2.05, 4.69) is 10.0 Å². The maximum atomic E-state index is 13.0. The van der Waals surface area contributed by atoms with Gasteiger partial charge in [-0.1, -0.05) is 29.8 Å². The molecule has 1 atom stereocenters. The molecule has 1 heterocycles. The van der Waals surface area contributed by atoms with Gasteiger partial charge in [0.2, 0.25) is 26.0 Å². The highest BCUT2D eigenvalue weighted by molar-refractivity contribution is 7.89. The normalized spacial score (nSPS) is 17.7. The monoisotopic (exact) mass is 451 g/mol. The smallest absolute Gasteiger partial charge is 0.243 e. The Kier molecular flexibility index (Phi) is 6.61. The van der Waals surface area contributed by atoms with Crippen LogP contribution in [0.15, 0.2) is 58.3 Å². The third-order valence-electron chi connectivity index (χ3n) is 5.08. The van der Waals surface area contributed by atoms with Gasteiger partial charge in [0.1, 0.15) is 6.04 Å². The highest BCUT2D eigenvalue weighted by atomic mass is 32.2. The summed E-state index contributed by atoms with van der Waals surface area (Å²) in [6.45, 7) is 2.25. The van der Waals surface area contributed by atoms with Crippen molar-refractivity contribution in [1.29, 1.82) is 0 Å². The first-order chi connectivity index (χ1) is 14.1. The van der Waals surface area contributed by atoms with E-state index in [4.69, 9.17) is 0 Å². The van der Waals surface area contributed by atoms with Gasteiger partial charge in [-0.3, -0.25) is 4.79 Å². The van der Waals surface area contributed by atoms with E-state index in [1.165, 1.54) is 23.5 Å². The molecule has 2 N–H and O–H groups in total. The maximum absolute atomic E-state index is 13.0. The Bertz CT molecular complexity index is 1130. The van der Waals surface area contributed by atoms with Crippen molar-refractivity contribution in [2.24, 2.45) is 0 Å². The Morgan fingerprint density at radius 3 is 2.43 bits per heavy atom. The molecule has 1 saturated heterocycles. The summed E-state index contributed by atoms with van der Waals surface area (Å²) in [6.07, 6.45) is 1.03. The van der Waals surface area contributed by atoms with E-state index < -0.39 is 32.0 Å². The van der Waals surface area contributed by atoms with E-state index in [1.54, 1.807) is 36.4 Å². The van der Waals surface area contributed by atoms with Crippen molar-refractivity contribution in [3.05, 3.63) is 59.7 Å². The van der Waals surface area contributed by atoms with Gasteiger partial charge in [-0.2, -0.15) is 4.31 Å². The third kappa shape index (κ3) is 4.72. The van der Waals surface area contributed by atoms with Crippen LogP contribution in [0.5, 0.6) is 0 Å². The number of hydrogen-bond acceptors (Lipinski definition) is 5. The Hall–Kier alpha value is -2.27. The molecular formula is C20H25N3O5S2. The van der Waals surface area contributed by atoms with Crippen molar-refractivity contribution in [1.82, 2.24) is 14.3 Å². The SMILES string of the molecule is CNS(=O)(=O)c1cccc(CNC(=O)[C@@H]2CCCN2S(=O)(=O)c2ccc(C)cc2)c1. The molecule has 0 unspecified atom stereocenters. The predicted octanol–water partition coefficient (Wildman–Crippen LogP) is 1.37. The fourth-order valence-corrected chi connectivity index (χ4v) is 5.84. The molecule has 0 saturated carbocycles. The Labute approximate surface area is 177 Å². The zero-order valence-electron chi connectivity index (χ0n) is 16.8. The fraction of sp³-hybridized carbons (Fsp3) is 0.350. The van der Waals surface area contributed by atoms with E-state index in [9.17, 15) is 21.6 Å². The Balaban J connectivity index is 1.72. The van der Waals surface area contributed by atoms with Gasteiger partial charge >= 0.3 is 0 Å². The van der Waals surface area contributed by atoms with Crippen LogP contribution in [0, 0.1) is 6.92 Å². The van der Waals surface area contributed by atoms with Crippen LogP contribution in [0.1, 0.15) is 24.0 Å². The second-order valence-corrected chi connectivity index (χ2v) is 10.9. The minimum absolute atomic E-state index is 0.0980. The van der Waals surface area contributed by atoms with Gasteiger partial charge in [-0.05, 0) is 56.6 Å². The molecule has 0 radical (unpaired) electrons. The van der Waals surface area contributed by atoms with Crippen LogP contribution in [0.25, 0.3) is 0 Å².